The molecule has 0 aliphatic heterocycles. The van der Waals surface area contributed by atoms with Gasteiger partial charge in [-0.2, -0.15) is 13.2 Å². The van der Waals surface area contributed by atoms with Gasteiger partial charge in [0.2, 0.25) is 5.91 Å². The molecule has 0 fully saturated rings. The number of pyridine rings is 1. The molecule has 0 unspecified atom stereocenters. The van der Waals surface area contributed by atoms with Crippen LogP contribution in [0.25, 0.3) is 0 Å². The molecule has 38 heavy (non-hydrogen) atoms. The first-order valence-corrected chi connectivity index (χ1v) is 14.2. The van der Waals surface area contributed by atoms with E-state index < -0.39 is 27.7 Å². The van der Waals surface area contributed by atoms with Crippen molar-refractivity contribution in [2.75, 3.05) is 11.9 Å². The number of halogens is 5. The number of rotatable bonds is 11. The summed E-state index contributed by atoms with van der Waals surface area (Å²) in [6.45, 7) is 0.269. The van der Waals surface area contributed by atoms with Crippen LogP contribution in [-0.4, -0.2) is 31.8 Å². The lowest BCUT2D eigenvalue weighted by molar-refractivity contribution is -0.137. The SMILES string of the molecule is O=C(CCCNc1ncc(C(F)(F)F)cc1Cl)NNS(=O)(=O)c1ccc(CNC(=O)c2ccc(Br)cc2)s1. The van der Waals surface area contributed by atoms with E-state index >= 15 is 0 Å². The minimum Gasteiger partial charge on any atom is -0.369 e. The molecule has 0 saturated carbocycles. The number of amides is 2. The van der Waals surface area contributed by atoms with E-state index in [0.29, 0.717) is 16.6 Å². The summed E-state index contributed by atoms with van der Waals surface area (Å²) >= 11 is 10.0. The fourth-order valence-corrected chi connectivity index (χ4v) is 5.54. The molecule has 0 radical (unpaired) electrons. The lowest BCUT2D eigenvalue weighted by Gasteiger charge is -2.11. The van der Waals surface area contributed by atoms with Crippen LogP contribution in [0.15, 0.2) is 57.3 Å². The topological polar surface area (TPSA) is 129 Å². The normalized spacial score (nSPS) is 11.7. The van der Waals surface area contributed by atoms with Gasteiger partial charge in [0.05, 0.1) is 17.1 Å². The second-order valence-electron chi connectivity index (χ2n) is 7.65. The number of aromatic nitrogens is 1. The van der Waals surface area contributed by atoms with Gasteiger partial charge in [-0.15, -0.1) is 16.2 Å². The molecule has 16 heteroatoms. The molecule has 1 aromatic carbocycles. The smallest absolute Gasteiger partial charge is 0.369 e. The lowest BCUT2D eigenvalue weighted by atomic mass is 10.2. The van der Waals surface area contributed by atoms with Gasteiger partial charge in [0.25, 0.3) is 15.9 Å². The molecule has 0 aliphatic rings. The van der Waals surface area contributed by atoms with Gasteiger partial charge < -0.3 is 10.6 Å². The number of carbonyl (C=O) groups excluding carboxylic acids is 2. The number of sulfonamides is 1. The number of carbonyl (C=O) groups is 2. The van der Waals surface area contributed by atoms with Crippen LogP contribution in [0.4, 0.5) is 19.0 Å². The molecular weight excluding hydrogens is 635 g/mol. The van der Waals surface area contributed by atoms with Gasteiger partial charge >= 0.3 is 6.18 Å². The zero-order valence-electron chi connectivity index (χ0n) is 19.2. The number of hydrazine groups is 1. The number of nitrogens with one attached hydrogen (secondary N) is 4. The molecule has 204 valence electrons. The number of alkyl halides is 3. The van der Waals surface area contributed by atoms with Gasteiger partial charge in [-0.05, 0) is 48.9 Å². The van der Waals surface area contributed by atoms with Crippen molar-refractivity contribution in [3.63, 3.8) is 0 Å². The second kappa shape index (κ2) is 12.9. The summed E-state index contributed by atoms with van der Waals surface area (Å²) in [5.74, 6) is -0.908. The third-order valence-electron chi connectivity index (χ3n) is 4.80. The highest BCUT2D eigenvalue weighted by atomic mass is 79.9. The third-order valence-corrected chi connectivity index (χ3v) is 8.44. The Kier molecular flexibility index (Phi) is 10.1. The zero-order valence-corrected chi connectivity index (χ0v) is 23.2. The highest BCUT2D eigenvalue weighted by Crippen LogP contribution is 2.32. The van der Waals surface area contributed by atoms with E-state index in [0.717, 1.165) is 21.9 Å². The quantitative estimate of drug-likeness (QED) is 0.175. The van der Waals surface area contributed by atoms with Gasteiger partial charge in [-0.3, -0.25) is 15.0 Å². The van der Waals surface area contributed by atoms with Crippen LogP contribution in [0.1, 0.15) is 33.6 Å². The molecule has 0 aliphatic carbocycles. The molecule has 0 saturated heterocycles. The number of thiophene rings is 1. The summed E-state index contributed by atoms with van der Waals surface area (Å²) in [6, 6.07) is 10.4. The Labute approximate surface area is 233 Å². The van der Waals surface area contributed by atoms with Gasteiger partial charge in [-0.1, -0.05) is 27.5 Å². The summed E-state index contributed by atoms with van der Waals surface area (Å²) < 4.78 is 63.7. The van der Waals surface area contributed by atoms with E-state index in [1.165, 1.54) is 6.07 Å². The maximum atomic E-state index is 12.7. The van der Waals surface area contributed by atoms with Crippen molar-refractivity contribution in [2.45, 2.75) is 29.8 Å². The van der Waals surface area contributed by atoms with E-state index in [2.05, 4.69) is 37.0 Å². The fourth-order valence-electron chi connectivity index (χ4n) is 2.88. The molecular formula is C22H20BrClF3N5O4S2. The van der Waals surface area contributed by atoms with Gasteiger partial charge in [0.1, 0.15) is 10.0 Å². The van der Waals surface area contributed by atoms with Crippen LogP contribution in [-0.2, 0) is 27.5 Å². The van der Waals surface area contributed by atoms with Crippen LogP contribution in [0.3, 0.4) is 0 Å². The monoisotopic (exact) mass is 653 g/mol. The molecule has 2 aromatic heterocycles. The number of hydrogen-bond donors (Lipinski definition) is 4. The van der Waals surface area contributed by atoms with E-state index in [9.17, 15) is 31.2 Å². The molecule has 3 rings (SSSR count). The van der Waals surface area contributed by atoms with Crippen molar-refractivity contribution >= 4 is 66.5 Å². The van der Waals surface area contributed by atoms with Crippen molar-refractivity contribution < 1.29 is 31.2 Å². The lowest BCUT2D eigenvalue weighted by Crippen LogP contribution is -2.41. The molecule has 0 atom stereocenters. The molecule has 2 heterocycles. The Hall–Kier alpha value is -2.72. The maximum absolute atomic E-state index is 12.7. The predicted octanol–water partition coefficient (Wildman–Crippen LogP) is 4.71. The fraction of sp³-hybridized carbons (Fsp3) is 0.227. The number of hydrogen-bond acceptors (Lipinski definition) is 7. The van der Waals surface area contributed by atoms with Crippen molar-refractivity contribution in [3.05, 3.63) is 74.2 Å². The zero-order chi connectivity index (χ0) is 27.9. The summed E-state index contributed by atoms with van der Waals surface area (Å²) in [6.07, 6.45) is -3.80. The van der Waals surface area contributed by atoms with Crippen LogP contribution in [0.2, 0.25) is 5.02 Å². The first-order valence-electron chi connectivity index (χ1n) is 10.7. The van der Waals surface area contributed by atoms with Gasteiger partial charge in [0.15, 0.2) is 0 Å². The van der Waals surface area contributed by atoms with E-state index in [1.54, 1.807) is 30.3 Å². The number of anilines is 1. The summed E-state index contributed by atoms with van der Waals surface area (Å²) in [5, 5.41) is 5.20. The van der Waals surface area contributed by atoms with Gasteiger partial charge in [-0.25, -0.2) is 13.4 Å². The summed E-state index contributed by atoms with van der Waals surface area (Å²) in [4.78, 5) is 30.4. The average Bonchev–Trinajstić information content (AvgIpc) is 3.35. The highest BCUT2D eigenvalue weighted by Gasteiger charge is 2.31. The minimum atomic E-state index is -4.57. The molecule has 9 nitrogen and oxygen atoms in total. The Balaban J connectivity index is 1.41. The first kappa shape index (κ1) is 29.8. The van der Waals surface area contributed by atoms with Crippen molar-refractivity contribution in [1.29, 1.82) is 0 Å². The summed E-state index contributed by atoms with van der Waals surface area (Å²) in [7, 11) is -4.04. The van der Waals surface area contributed by atoms with Crippen molar-refractivity contribution in [1.82, 2.24) is 20.6 Å². The maximum Gasteiger partial charge on any atom is 0.417 e. The number of benzene rings is 1. The third kappa shape index (κ3) is 8.66. The summed E-state index contributed by atoms with van der Waals surface area (Å²) in [5.41, 5.74) is 1.57. The number of nitrogens with zero attached hydrogens (tertiary/aromatic N) is 1. The van der Waals surface area contributed by atoms with E-state index in [1.807, 2.05) is 4.83 Å². The molecule has 4 N–H and O–H groups in total. The van der Waals surface area contributed by atoms with Crippen LogP contribution in [0, 0.1) is 0 Å². The average molecular weight is 655 g/mol. The second-order valence-corrected chi connectivity index (χ2v) is 12.0. The minimum absolute atomic E-state index is 0.0299. The Morgan fingerprint density at radius 2 is 1.82 bits per heavy atom. The Morgan fingerprint density at radius 1 is 1.11 bits per heavy atom. The predicted molar refractivity (Wildman–Crippen MR) is 140 cm³/mol. The largest absolute Gasteiger partial charge is 0.417 e. The van der Waals surface area contributed by atoms with Crippen LogP contribution < -0.4 is 20.9 Å². The molecule has 0 bridgehead atoms. The molecule has 0 spiro atoms. The standard InChI is InChI=1S/C22H20BrClF3N5O4S2/c23-15-5-3-13(4-6-15)21(34)30-12-16-7-8-19(37-16)38(35,36)32-31-18(33)2-1-9-28-20-17(24)10-14(11-29-20)22(25,26)27/h3-8,10-11,32H,1-2,9,12H2,(H,28,29)(H,30,34)(H,31,33). The van der Waals surface area contributed by atoms with Gasteiger partial charge in [0, 0.05) is 34.1 Å². The Morgan fingerprint density at radius 3 is 2.47 bits per heavy atom. The van der Waals surface area contributed by atoms with Crippen LogP contribution >= 0.6 is 38.9 Å². The van der Waals surface area contributed by atoms with E-state index in [-0.39, 0.29) is 46.9 Å². The molecule has 3 aromatic rings. The Bertz CT molecular complexity index is 1400. The van der Waals surface area contributed by atoms with Crippen LogP contribution in [0.5, 0.6) is 0 Å². The first-order chi connectivity index (χ1) is 17.8. The van der Waals surface area contributed by atoms with Crippen molar-refractivity contribution in [2.24, 2.45) is 0 Å². The highest BCUT2D eigenvalue weighted by molar-refractivity contribution is 9.10. The molecule has 2 amide bonds. The van der Waals surface area contributed by atoms with E-state index in [4.69, 9.17) is 11.6 Å². The van der Waals surface area contributed by atoms with Crippen molar-refractivity contribution in [3.8, 4) is 0 Å².